The maximum Gasteiger partial charge on any atom is 0.338 e. The number of thioether (sulfide) groups is 1. The van der Waals surface area contributed by atoms with Gasteiger partial charge in [0.15, 0.2) is 18.5 Å². The molecule has 0 aliphatic carbocycles. The summed E-state index contributed by atoms with van der Waals surface area (Å²) in [6.07, 6.45) is -1.18. The summed E-state index contributed by atoms with van der Waals surface area (Å²) in [5.41, 5.74) is 1.44. The van der Waals surface area contributed by atoms with Crippen molar-refractivity contribution in [1.29, 1.82) is 0 Å². The number of ether oxygens (including phenoxy) is 5. The molecule has 0 amide bonds. The van der Waals surface area contributed by atoms with Crippen molar-refractivity contribution in [1.82, 2.24) is 0 Å². The maximum absolute atomic E-state index is 12.7. The molecule has 0 spiro atoms. The van der Waals surface area contributed by atoms with Crippen molar-refractivity contribution in [2.45, 2.75) is 37.3 Å². The Morgan fingerprint density at radius 3 is 2.43 bits per heavy atom. The minimum absolute atomic E-state index is 0.316. The number of carbonyl (C=O) groups is 1. The van der Waals surface area contributed by atoms with E-state index in [1.54, 1.807) is 24.3 Å². The molecule has 2 fully saturated rings. The molecule has 4 rings (SSSR count). The SMILES string of the molecule is CSC(=S)OC1C2COC(O2)C(OC(=O)c2ccccc2)C1OCc1ccccc1. The highest BCUT2D eigenvalue weighted by Crippen LogP contribution is 2.35. The highest BCUT2D eigenvalue weighted by molar-refractivity contribution is 8.22. The Morgan fingerprint density at radius 1 is 1.03 bits per heavy atom. The molecule has 0 aromatic heterocycles. The molecular weight excluding hydrogens is 424 g/mol. The van der Waals surface area contributed by atoms with E-state index in [4.69, 9.17) is 35.9 Å². The van der Waals surface area contributed by atoms with Crippen molar-refractivity contribution in [3.63, 3.8) is 0 Å². The molecule has 2 aliphatic heterocycles. The van der Waals surface area contributed by atoms with Crippen LogP contribution in [-0.4, -0.2) is 53.9 Å². The van der Waals surface area contributed by atoms with Crippen molar-refractivity contribution < 1.29 is 28.5 Å². The third-order valence-electron chi connectivity index (χ3n) is 4.95. The molecule has 6 nitrogen and oxygen atoms in total. The Morgan fingerprint density at radius 2 is 1.73 bits per heavy atom. The van der Waals surface area contributed by atoms with Crippen LogP contribution in [0, 0.1) is 0 Å². The van der Waals surface area contributed by atoms with Gasteiger partial charge in [-0.15, -0.1) is 0 Å². The number of hydrogen-bond donors (Lipinski definition) is 0. The van der Waals surface area contributed by atoms with Crippen molar-refractivity contribution in [3.05, 3.63) is 71.8 Å². The monoisotopic (exact) mass is 446 g/mol. The van der Waals surface area contributed by atoms with E-state index in [9.17, 15) is 4.79 Å². The van der Waals surface area contributed by atoms with Gasteiger partial charge in [0, 0.05) is 0 Å². The van der Waals surface area contributed by atoms with Crippen molar-refractivity contribution in [2.24, 2.45) is 0 Å². The number of hydrogen-bond acceptors (Lipinski definition) is 8. The van der Waals surface area contributed by atoms with E-state index in [0.29, 0.717) is 23.2 Å². The second-order valence-corrected chi connectivity index (χ2v) is 8.32. The summed E-state index contributed by atoms with van der Waals surface area (Å²) in [4.78, 5) is 12.7. The smallest absolute Gasteiger partial charge is 0.338 e. The summed E-state index contributed by atoms with van der Waals surface area (Å²) in [5, 5.41) is 0. The molecule has 5 atom stereocenters. The lowest BCUT2D eigenvalue weighted by molar-refractivity contribution is -0.239. The number of thiocarbonyl (C=S) groups is 1. The van der Waals surface area contributed by atoms with Crippen LogP contribution in [0.25, 0.3) is 0 Å². The van der Waals surface area contributed by atoms with Crippen LogP contribution in [0.3, 0.4) is 0 Å². The lowest BCUT2D eigenvalue weighted by Gasteiger charge is -2.39. The van der Waals surface area contributed by atoms with Crippen LogP contribution < -0.4 is 0 Å². The van der Waals surface area contributed by atoms with E-state index >= 15 is 0 Å². The summed E-state index contributed by atoms with van der Waals surface area (Å²) in [6, 6.07) is 18.6. The molecule has 0 radical (unpaired) electrons. The van der Waals surface area contributed by atoms with E-state index in [1.807, 2.05) is 42.7 Å². The van der Waals surface area contributed by atoms with Gasteiger partial charge in [0.2, 0.25) is 4.38 Å². The molecule has 2 aliphatic rings. The van der Waals surface area contributed by atoms with Gasteiger partial charge in [-0.3, -0.25) is 0 Å². The first-order chi connectivity index (χ1) is 14.7. The average Bonchev–Trinajstić information content (AvgIpc) is 3.23. The molecule has 5 unspecified atom stereocenters. The standard InChI is InChI=1S/C22H22O6S2/c1-30-22(29)28-17-16-13-25-21(26-16)19(27-20(23)15-10-6-3-7-11-15)18(17)24-12-14-8-4-2-5-9-14/h2-11,16-19,21H,12-13H2,1H3. The molecule has 2 aromatic rings. The van der Waals surface area contributed by atoms with Gasteiger partial charge in [-0.2, -0.15) is 0 Å². The number of carbonyl (C=O) groups excluding carboxylic acids is 1. The van der Waals surface area contributed by atoms with Gasteiger partial charge in [0.25, 0.3) is 0 Å². The third-order valence-corrected chi connectivity index (χ3v) is 5.98. The van der Waals surface area contributed by atoms with E-state index in [-0.39, 0.29) is 6.10 Å². The molecule has 0 saturated carbocycles. The molecule has 8 heteroatoms. The predicted octanol–water partition coefficient (Wildman–Crippen LogP) is 3.59. The van der Waals surface area contributed by atoms with Gasteiger partial charge in [-0.25, -0.2) is 4.79 Å². The van der Waals surface area contributed by atoms with Gasteiger partial charge < -0.3 is 23.7 Å². The van der Waals surface area contributed by atoms with Gasteiger partial charge >= 0.3 is 5.97 Å². The lowest BCUT2D eigenvalue weighted by atomic mass is 10.00. The summed E-state index contributed by atoms with van der Waals surface area (Å²) < 4.78 is 30.0. The second kappa shape index (κ2) is 9.89. The van der Waals surface area contributed by atoms with Gasteiger partial charge in [-0.1, -0.05) is 60.3 Å². The fourth-order valence-corrected chi connectivity index (χ4v) is 3.80. The van der Waals surface area contributed by atoms with Crippen molar-refractivity contribution in [2.75, 3.05) is 12.9 Å². The lowest BCUT2D eigenvalue weighted by Crippen LogP contribution is -2.57. The van der Waals surface area contributed by atoms with Gasteiger partial charge in [0.05, 0.1) is 18.8 Å². The molecule has 2 heterocycles. The molecule has 30 heavy (non-hydrogen) atoms. The molecule has 0 N–H and O–H groups in total. The van der Waals surface area contributed by atoms with Crippen LogP contribution in [0.15, 0.2) is 60.7 Å². The Labute approximate surface area is 184 Å². The summed E-state index contributed by atoms with van der Waals surface area (Å²) in [5.74, 6) is -0.474. The predicted molar refractivity (Wildman–Crippen MR) is 116 cm³/mol. The topological polar surface area (TPSA) is 63.2 Å². The highest BCUT2D eigenvalue weighted by Gasteiger charge is 2.55. The molecule has 2 aromatic carbocycles. The molecule has 158 valence electrons. The van der Waals surface area contributed by atoms with Crippen LogP contribution in [0.1, 0.15) is 15.9 Å². The first kappa shape index (κ1) is 21.3. The first-order valence-electron chi connectivity index (χ1n) is 9.59. The van der Waals surface area contributed by atoms with E-state index in [2.05, 4.69) is 0 Å². The zero-order valence-corrected chi connectivity index (χ0v) is 18.0. The van der Waals surface area contributed by atoms with Gasteiger partial charge in [0.1, 0.15) is 12.2 Å². The minimum atomic E-state index is -0.796. The fourth-order valence-electron chi connectivity index (χ4n) is 3.49. The summed E-state index contributed by atoms with van der Waals surface area (Å²) in [6.45, 7) is 0.646. The Kier molecular flexibility index (Phi) is 7.01. The maximum atomic E-state index is 12.7. The molecule has 2 bridgehead atoms. The Bertz CT molecular complexity index is 862. The highest BCUT2D eigenvalue weighted by atomic mass is 32.2. The molecular formula is C22H22O6S2. The first-order valence-corrected chi connectivity index (χ1v) is 11.2. The van der Waals surface area contributed by atoms with Crippen molar-refractivity contribution >= 4 is 34.3 Å². The number of rotatable bonds is 6. The van der Waals surface area contributed by atoms with Crippen LogP contribution in [0.5, 0.6) is 0 Å². The van der Waals surface area contributed by atoms with Crippen LogP contribution >= 0.6 is 24.0 Å². The zero-order chi connectivity index (χ0) is 20.9. The van der Waals surface area contributed by atoms with Crippen LogP contribution in [-0.2, 0) is 30.3 Å². The van der Waals surface area contributed by atoms with Gasteiger partial charge in [-0.05, 0) is 36.2 Å². The normalized spacial score (nSPS) is 27.4. The fraction of sp³-hybridized carbons (Fsp3) is 0.364. The van der Waals surface area contributed by atoms with Crippen LogP contribution in [0.2, 0.25) is 0 Å². The van der Waals surface area contributed by atoms with E-state index in [0.717, 1.165) is 5.56 Å². The number of fused-ring (bicyclic) bond motifs is 2. The summed E-state index contributed by atoms with van der Waals surface area (Å²) >= 11 is 6.59. The van der Waals surface area contributed by atoms with Crippen LogP contribution in [0.4, 0.5) is 0 Å². The Hall–Kier alpha value is -1.97. The van der Waals surface area contributed by atoms with E-state index < -0.39 is 30.6 Å². The largest absolute Gasteiger partial charge is 0.469 e. The van der Waals surface area contributed by atoms with E-state index in [1.165, 1.54) is 11.8 Å². The number of benzene rings is 2. The molecule has 2 saturated heterocycles. The quantitative estimate of drug-likeness (QED) is 0.493. The summed E-state index contributed by atoms with van der Waals surface area (Å²) in [7, 11) is 0. The zero-order valence-electron chi connectivity index (χ0n) is 16.3. The Balaban J connectivity index is 1.56. The number of esters is 1. The third kappa shape index (κ3) is 4.84. The van der Waals surface area contributed by atoms with Crippen molar-refractivity contribution in [3.8, 4) is 0 Å². The minimum Gasteiger partial charge on any atom is -0.469 e. The average molecular weight is 447 g/mol. The second-order valence-electron chi connectivity index (χ2n) is 6.91.